The van der Waals surface area contributed by atoms with Crippen LogP contribution in [0.2, 0.25) is 0 Å². The van der Waals surface area contributed by atoms with Gasteiger partial charge in [-0.15, -0.1) is 0 Å². The highest BCUT2D eigenvalue weighted by Gasteiger charge is 2.32. The standard InChI is InChI=1S/C17H24F3NO3S/c1-25(22,23)16-6-4-15(5-7-16)24-12-2-3-14-8-10-21(11-9-14)13-17(18,19)20/h4-7,14H,2-3,8-13H2,1H3. The molecule has 1 saturated heterocycles. The van der Waals surface area contributed by atoms with E-state index in [1.54, 1.807) is 12.1 Å². The largest absolute Gasteiger partial charge is 0.494 e. The SMILES string of the molecule is CS(=O)(=O)c1ccc(OCCCC2CCN(CC(F)(F)F)CC2)cc1. The van der Waals surface area contributed by atoms with Crippen molar-refractivity contribution in [2.24, 2.45) is 5.92 Å². The number of piperidine rings is 1. The smallest absolute Gasteiger partial charge is 0.401 e. The van der Waals surface area contributed by atoms with Crippen molar-refractivity contribution in [2.45, 2.75) is 36.8 Å². The number of halogens is 3. The topological polar surface area (TPSA) is 46.6 Å². The van der Waals surface area contributed by atoms with Gasteiger partial charge < -0.3 is 4.74 Å². The predicted octanol–water partition coefficient (Wildman–Crippen LogP) is 3.52. The Kier molecular flexibility index (Phi) is 6.73. The van der Waals surface area contributed by atoms with Crippen molar-refractivity contribution in [2.75, 3.05) is 32.5 Å². The summed E-state index contributed by atoms with van der Waals surface area (Å²) in [6.45, 7) is 0.698. The fourth-order valence-corrected chi connectivity index (χ4v) is 3.66. The van der Waals surface area contributed by atoms with E-state index in [-0.39, 0.29) is 4.90 Å². The molecule has 1 heterocycles. The van der Waals surface area contributed by atoms with Crippen LogP contribution in [0, 0.1) is 5.92 Å². The maximum Gasteiger partial charge on any atom is 0.401 e. The second kappa shape index (κ2) is 8.40. The fourth-order valence-electron chi connectivity index (χ4n) is 3.03. The third kappa shape index (κ3) is 7.23. The Morgan fingerprint density at radius 2 is 1.76 bits per heavy atom. The van der Waals surface area contributed by atoms with Crippen molar-refractivity contribution in [3.8, 4) is 5.75 Å². The van der Waals surface area contributed by atoms with Crippen LogP contribution in [0.25, 0.3) is 0 Å². The molecule has 1 aliphatic rings. The molecular formula is C17H24F3NO3S. The van der Waals surface area contributed by atoms with Crippen molar-refractivity contribution in [1.82, 2.24) is 4.90 Å². The molecule has 1 aromatic rings. The summed E-state index contributed by atoms with van der Waals surface area (Å²) in [5.41, 5.74) is 0. The van der Waals surface area contributed by atoms with Crippen LogP contribution in [0.3, 0.4) is 0 Å². The van der Waals surface area contributed by atoms with Crippen LogP contribution in [0.1, 0.15) is 25.7 Å². The van der Waals surface area contributed by atoms with Gasteiger partial charge >= 0.3 is 6.18 Å². The first kappa shape index (κ1) is 20.0. The van der Waals surface area contributed by atoms with E-state index >= 15 is 0 Å². The van der Waals surface area contributed by atoms with Crippen LogP contribution < -0.4 is 4.74 Å². The first-order valence-electron chi connectivity index (χ1n) is 8.35. The Morgan fingerprint density at radius 3 is 2.28 bits per heavy atom. The number of ether oxygens (including phenoxy) is 1. The Balaban J connectivity index is 1.64. The molecule has 0 amide bonds. The van der Waals surface area contributed by atoms with Gasteiger partial charge in [0.25, 0.3) is 0 Å². The van der Waals surface area contributed by atoms with E-state index in [1.165, 1.54) is 17.0 Å². The van der Waals surface area contributed by atoms with E-state index in [2.05, 4.69) is 0 Å². The minimum atomic E-state index is -4.12. The first-order chi connectivity index (χ1) is 11.6. The van der Waals surface area contributed by atoms with Gasteiger partial charge in [-0.1, -0.05) is 0 Å². The number of hydrogen-bond donors (Lipinski definition) is 0. The van der Waals surface area contributed by atoms with Gasteiger partial charge in [-0.2, -0.15) is 13.2 Å². The van der Waals surface area contributed by atoms with E-state index in [0.717, 1.165) is 31.9 Å². The minimum absolute atomic E-state index is 0.255. The number of alkyl halides is 3. The summed E-state index contributed by atoms with van der Waals surface area (Å²) >= 11 is 0. The van der Waals surface area contributed by atoms with Gasteiger partial charge in [-0.3, -0.25) is 4.90 Å². The van der Waals surface area contributed by atoms with Crippen LogP contribution >= 0.6 is 0 Å². The number of likely N-dealkylation sites (tertiary alicyclic amines) is 1. The van der Waals surface area contributed by atoms with Gasteiger partial charge in [0.05, 0.1) is 18.0 Å². The normalized spacial score (nSPS) is 17.6. The van der Waals surface area contributed by atoms with Crippen LogP contribution in [0.15, 0.2) is 29.2 Å². The quantitative estimate of drug-likeness (QED) is 0.680. The molecule has 25 heavy (non-hydrogen) atoms. The molecule has 0 atom stereocenters. The molecule has 1 fully saturated rings. The lowest BCUT2D eigenvalue weighted by atomic mass is 9.92. The summed E-state index contributed by atoms with van der Waals surface area (Å²) in [4.78, 5) is 1.72. The Bertz CT molecular complexity index is 636. The third-order valence-corrected chi connectivity index (χ3v) is 5.52. The van der Waals surface area contributed by atoms with Gasteiger partial charge in [0.1, 0.15) is 5.75 Å². The van der Waals surface area contributed by atoms with Crippen LogP contribution in [0.4, 0.5) is 13.2 Å². The maximum absolute atomic E-state index is 12.3. The van der Waals surface area contributed by atoms with Crippen LogP contribution in [-0.2, 0) is 9.84 Å². The molecule has 0 aliphatic carbocycles. The Morgan fingerprint density at radius 1 is 1.16 bits per heavy atom. The molecule has 0 N–H and O–H groups in total. The second-order valence-corrected chi connectivity index (χ2v) is 8.58. The average molecular weight is 379 g/mol. The van der Waals surface area contributed by atoms with Crippen molar-refractivity contribution in [3.63, 3.8) is 0 Å². The van der Waals surface area contributed by atoms with Crippen molar-refractivity contribution < 1.29 is 26.3 Å². The van der Waals surface area contributed by atoms with Gasteiger partial charge in [0.2, 0.25) is 0 Å². The molecule has 1 aromatic carbocycles. The van der Waals surface area contributed by atoms with Crippen molar-refractivity contribution >= 4 is 9.84 Å². The second-order valence-electron chi connectivity index (χ2n) is 6.57. The highest BCUT2D eigenvalue weighted by atomic mass is 32.2. The highest BCUT2D eigenvalue weighted by molar-refractivity contribution is 7.90. The summed E-state index contributed by atoms with van der Waals surface area (Å²) in [6, 6.07) is 6.29. The molecule has 142 valence electrons. The first-order valence-corrected chi connectivity index (χ1v) is 10.2. The summed E-state index contributed by atoms with van der Waals surface area (Å²) in [5, 5.41) is 0. The van der Waals surface area contributed by atoms with E-state index < -0.39 is 22.6 Å². The van der Waals surface area contributed by atoms with E-state index in [0.29, 0.717) is 31.4 Å². The monoisotopic (exact) mass is 379 g/mol. The minimum Gasteiger partial charge on any atom is -0.494 e. The number of rotatable bonds is 7. The molecule has 2 rings (SSSR count). The number of nitrogens with zero attached hydrogens (tertiary/aromatic N) is 1. The highest BCUT2D eigenvalue weighted by Crippen LogP contribution is 2.25. The summed E-state index contributed by atoms with van der Waals surface area (Å²) in [6.07, 6.45) is 0.382. The zero-order valence-electron chi connectivity index (χ0n) is 14.3. The Hall–Kier alpha value is -1.28. The van der Waals surface area contributed by atoms with Gasteiger partial charge in [-0.05, 0) is 69.0 Å². The molecule has 1 aliphatic heterocycles. The molecule has 0 spiro atoms. The van der Waals surface area contributed by atoms with Crippen LogP contribution in [-0.4, -0.2) is 52.0 Å². The molecule has 4 nitrogen and oxygen atoms in total. The van der Waals surface area contributed by atoms with Crippen molar-refractivity contribution in [3.05, 3.63) is 24.3 Å². The van der Waals surface area contributed by atoms with Crippen molar-refractivity contribution in [1.29, 1.82) is 0 Å². The van der Waals surface area contributed by atoms with Gasteiger partial charge in [0, 0.05) is 6.26 Å². The number of benzene rings is 1. The lowest BCUT2D eigenvalue weighted by Crippen LogP contribution is -2.40. The fraction of sp³-hybridized carbons (Fsp3) is 0.647. The summed E-state index contributed by atoms with van der Waals surface area (Å²) in [5.74, 6) is 1.06. The lowest BCUT2D eigenvalue weighted by molar-refractivity contribution is -0.148. The van der Waals surface area contributed by atoms with Gasteiger partial charge in [0.15, 0.2) is 9.84 Å². The molecule has 0 radical (unpaired) electrons. The van der Waals surface area contributed by atoms with E-state index in [9.17, 15) is 21.6 Å². The molecule has 8 heteroatoms. The number of sulfone groups is 1. The zero-order chi connectivity index (χ0) is 18.5. The maximum atomic E-state index is 12.3. The lowest BCUT2D eigenvalue weighted by Gasteiger charge is -2.32. The number of hydrogen-bond acceptors (Lipinski definition) is 4. The molecule has 0 unspecified atom stereocenters. The summed E-state index contributed by atoms with van der Waals surface area (Å²) < 4.78 is 65.4. The molecule has 0 saturated carbocycles. The van der Waals surface area contributed by atoms with E-state index in [4.69, 9.17) is 4.74 Å². The molecule has 0 bridgehead atoms. The molecular weight excluding hydrogens is 355 g/mol. The molecule has 0 aromatic heterocycles. The Labute approximate surface area is 146 Å². The average Bonchev–Trinajstić information content (AvgIpc) is 2.51. The van der Waals surface area contributed by atoms with Crippen LogP contribution in [0.5, 0.6) is 5.75 Å². The van der Waals surface area contributed by atoms with Gasteiger partial charge in [-0.25, -0.2) is 8.42 Å². The third-order valence-electron chi connectivity index (χ3n) is 4.39. The predicted molar refractivity (Wildman–Crippen MR) is 89.5 cm³/mol. The van der Waals surface area contributed by atoms with E-state index in [1.807, 2.05) is 0 Å². The zero-order valence-corrected chi connectivity index (χ0v) is 15.1. The summed E-state index contributed by atoms with van der Waals surface area (Å²) in [7, 11) is -3.21.